The van der Waals surface area contributed by atoms with Crippen LogP contribution >= 0.6 is 0 Å². The van der Waals surface area contributed by atoms with E-state index in [4.69, 9.17) is 9.47 Å². The number of nitrogens with one attached hydrogen (secondary N) is 2. The standard InChI is InChI=1S/C19H20F2N2O4/c1-3-4-9-27-16-8-5-12(10-17(16)26-2)18(24)22-23-19(25)14-11-13(20)6-7-15(14)21/h5-8,10-11H,3-4,9H2,1-2H3,(H,22,24)(H,23,25). The molecule has 27 heavy (non-hydrogen) atoms. The lowest BCUT2D eigenvalue weighted by atomic mass is 10.2. The fraction of sp³-hybridized carbons (Fsp3) is 0.263. The maximum atomic E-state index is 13.6. The molecule has 8 heteroatoms. The van der Waals surface area contributed by atoms with Crippen molar-refractivity contribution < 1.29 is 27.8 Å². The first-order chi connectivity index (χ1) is 13.0. The number of benzene rings is 2. The van der Waals surface area contributed by atoms with E-state index < -0.39 is 29.0 Å². The van der Waals surface area contributed by atoms with Crippen LogP contribution < -0.4 is 20.3 Å². The quantitative estimate of drug-likeness (QED) is 0.573. The Bertz CT molecular complexity index is 827. The van der Waals surface area contributed by atoms with Crippen molar-refractivity contribution in [1.29, 1.82) is 0 Å². The summed E-state index contributed by atoms with van der Waals surface area (Å²) in [5, 5.41) is 0. The third-order valence-corrected chi connectivity index (χ3v) is 3.64. The summed E-state index contributed by atoms with van der Waals surface area (Å²) < 4.78 is 37.5. The molecule has 2 aromatic carbocycles. The van der Waals surface area contributed by atoms with Gasteiger partial charge in [-0.1, -0.05) is 13.3 Å². The first-order valence-electron chi connectivity index (χ1n) is 8.32. The number of hydrazine groups is 1. The highest BCUT2D eigenvalue weighted by atomic mass is 19.1. The minimum Gasteiger partial charge on any atom is -0.493 e. The molecule has 144 valence electrons. The smallest absolute Gasteiger partial charge is 0.272 e. The van der Waals surface area contributed by atoms with Crippen LogP contribution in [0.4, 0.5) is 8.78 Å². The molecule has 2 amide bonds. The summed E-state index contributed by atoms with van der Waals surface area (Å²) >= 11 is 0. The molecule has 0 saturated carbocycles. The van der Waals surface area contributed by atoms with E-state index in [1.165, 1.54) is 19.2 Å². The molecule has 0 aromatic heterocycles. The summed E-state index contributed by atoms with van der Waals surface area (Å²) in [5.41, 5.74) is 3.85. The summed E-state index contributed by atoms with van der Waals surface area (Å²) in [4.78, 5) is 24.1. The van der Waals surface area contributed by atoms with Gasteiger partial charge in [0.25, 0.3) is 11.8 Å². The van der Waals surface area contributed by atoms with E-state index >= 15 is 0 Å². The normalized spacial score (nSPS) is 10.2. The van der Waals surface area contributed by atoms with Crippen molar-refractivity contribution in [3.8, 4) is 11.5 Å². The lowest BCUT2D eigenvalue weighted by Gasteiger charge is -2.12. The Balaban J connectivity index is 2.03. The van der Waals surface area contributed by atoms with Crippen molar-refractivity contribution >= 4 is 11.8 Å². The third kappa shape index (κ3) is 5.40. The second-order valence-electron chi connectivity index (χ2n) is 5.60. The van der Waals surface area contributed by atoms with Gasteiger partial charge in [0.15, 0.2) is 11.5 Å². The van der Waals surface area contributed by atoms with E-state index in [9.17, 15) is 18.4 Å². The lowest BCUT2D eigenvalue weighted by molar-refractivity contribution is 0.0844. The van der Waals surface area contributed by atoms with Gasteiger partial charge in [0.1, 0.15) is 11.6 Å². The Morgan fingerprint density at radius 2 is 1.74 bits per heavy atom. The third-order valence-electron chi connectivity index (χ3n) is 3.64. The maximum absolute atomic E-state index is 13.6. The van der Waals surface area contributed by atoms with Gasteiger partial charge in [-0.25, -0.2) is 8.78 Å². The zero-order chi connectivity index (χ0) is 19.8. The minimum atomic E-state index is -0.980. The van der Waals surface area contributed by atoms with Crippen LogP contribution in [0.3, 0.4) is 0 Å². The zero-order valence-electron chi connectivity index (χ0n) is 15.0. The Morgan fingerprint density at radius 1 is 1.00 bits per heavy atom. The van der Waals surface area contributed by atoms with Crippen LogP contribution in [0.1, 0.15) is 40.5 Å². The number of rotatable bonds is 7. The molecule has 6 nitrogen and oxygen atoms in total. The van der Waals surface area contributed by atoms with Gasteiger partial charge in [0.05, 0.1) is 19.3 Å². The van der Waals surface area contributed by atoms with Crippen molar-refractivity contribution in [1.82, 2.24) is 10.9 Å². The Morgan fingerprint density at radius 3 is 2.44 bits per heavy atom. The summed E-state index contributed by atoms with van der Waals surface area (Å²) in [7, 11) is 1.44. The number of unbranched alkanes of at least 4 members (excludes halogenated alkanes) is 1. The van der Waals surface area contributed by atoms with Crippen LogP contribution in [0.25, 0.3) is 0 Å². The number of amides is 2. The molecule has 0 heterocycles. The zero-order valence-corrected chi connectivity index (χ0v) is 15.0. The highest BCUT2D eigenvalue weighted by molar-refractivity contribution is 5.99. The van der Waals surface area contributed by atoms with E-state index in [1.54, 1.807) is 6.07 Å². The van der Waals surface area contributed by atoms with Gasteiger partial charge in [0, 0.05) is 5.56 Å². The molecule has 2 aromatic rings. The van der Waals surface area contributed by atoms with Gasteiger partial charge in [-0.2, -0.15) is 0 Å². The molecule has 0 bridgehead atoms. The largest absolute Gasteiger partial charge is 0.493 e. The number of hydrogen-bond acceptors (Lipinski definition) is 4. The average Bonchev–Trinajstić information content (AvgIpc) is 2.68. The predicted molar refractivity (Wildman–Crippen MR) is 94.7 cm³/mol. The minimum absolute atomic E-state index is 0.190. The monoisotopic (exact) mass is 378 g/mol. The van der Waals surface area contributed by atoms with E-state index in [0.717, 1.165) is 31.0 Å². The molecule has 0 atom stereocenters. The van der Waals surface area contributed by atoms with E-state index in [1.807, 2.05) is 12.3 Å². The van der Waals surface area contributed by atoms with E-state index in [-0.39, 0.29) is 5.56 Å². The van der Waals surface area contributed by atoms with Crippen molar-refractivity contribution in [2.24, 2.45) is 0 Å². The van der Waals surface area contributed by atoms with Gasteiger partial charge < -0.3 is 9.47 Å². The van der Waals surface area contributed by atoms with Crippen molar-refractivity contribution in [2.45, 2.75) is 19.8 Å². The highest BCUT2D eigenvalue weighted by Crippen LogP contribution is 2.28. The van der Waals surface area contributed by atoms with Crippen LogP contribution in [0.15, 0.2) is 36.4 Å². The topological polar surface area (TPSA) is 76.7 Å². The van der Waals surface area contributed by atoms with E-state index in [0.29, 0.717) is 18.1 Å². The average molecular weight is 378 g/mol. The fourth-order valence-corrected chi connectivity index (χ4v) is 2.18. The first kappa shape index (κ1) is 20.2. The molecule has 0 aliphatic rings. The highest BCUT2D eigenvalue weighted by Gasteiger charge is 2.15. The van der Waals surface area contributed by atoms with Crippen molar-refractivity contribution in [3.63, 3.8) is 0 Å². The summed E-state index contributed by atoms with van der Waals surface area (Å²) in [6, 6.07) is 6.98. The summed E-state index contributed by atoms with van der Waals surface area (Å²) in [5.74, 6) is -2.45. The van der Waals surface area contributed by atoms with Gasteiger partial charge in [-0.3, -0.25) is 20.4 Å². The lowest BCUT2D eigenvalue weighted by Crippen LogP contribution is -2.42. The number of carbonyl (C=O) groups is 2. The molecule has 0 radical (unpaired) electrons. The number of carbonyl (C=O) groups excluding carboxylic acids is 2. The SMILES string of the molecule is CCCCOc1ccc(C(=O)NNC(=O)c2cc(F)ccc2F)cc1OC. The van der Waals surface area contributed by atoms with Crippen molar-refractivity contribution in [2.75, 3.05) is 13.7 Å². The molecule has 0 aliphatic heterocycles. The molecule has 0 aliphatic carbocycles. The fourth-order valence-electron chi connectivity index (χ4n) is 2.18. The summed E-state index contributed by atoms with van der Waals surface area (Å²) in [6.45, 7) is 2.56. The van der Waals surface area contributed by atoms with Crippen molar-refractivity contribution in [3.05, 3.63) is 59.2 Å². The molecular formula is C19H20F2N2O4. The van der Waals surface area contributed by atoms with Gasteiger partial charge in [0.2, 0.25) is 0 Å². The van der Waals surface area contributed by atoms with Crippen LogP contribution in [-0.4, -0.2) is 25.5 Å². The Labute approximate surface area is 155 Å². The molecule has 0 saturated heterocycles. The molecule has 2 N–H and O–H groups in total. The molecular weight excluding hydrogens is 358 g/mol. The Kier molecular flexibility index (Phi) is 7.10. The Hall–Kier alpha value is -3.16. The second kappa shape index (κ2) is 9.51. The number of ether oxygens (including phenoxy) is 2. The van der Waals surface area contributed by atoms with Gasteiger partial charge >= 0.3 is 0 Å². The van der Waals surface area contributed by atoms with E-state index in [2.05, 4.69) is 5.43 Å². The van der Waals surface area contributed by atoms with Crippen LogP contribution in [0.2, 0.25) is 0 Å². The number of halogens is 2. The molecule has 0 fully saturated rings. The van der Waals surface area contributed by atoms with Crippen LogP contribution in [-0.2, 0) is 0 Å². The van der Waals surface area contributed by atoms with Gasteiger partial charge in [-0.05, 0) is 42.8 Å². The molecule has 2 rings (SSSR count). The molecule has 0 unspecified atom stereocenters. The van der Waals surface area contributed by atoms with Crippen LogP contribution in [0, 0.1) is 11.6 Å². The first-order valence-corrected chi connectivity index (χ1v) is 8.32. The van der Waals surface area contributed by atoms with Crippen LogP contribution in [0.5, 0.6) is 11.5 Å². The number of methoxy groups -OCH3 is 1. The maximum Gasteiger partial charge on any atom is 0.272 e. The van der Waals surface area contributed by atoms with Gasteiger partial charge in [-0.15, -0.1) is 0 Å². The number of hydrogen-bond donors (Lipinski definition) is 2. The second-order valence-corrected chi connectivity index (χ2v) is 5.60. The summed E-state index contributed by atoms with van der Waals surface area (Å²) in [6.07, 6.45) is 1.86. The molecule has 0 spiro atoms. The predicted octanol–water partition coefficient (Wildman–Crippen LogP) is 3.23.